The average molecular weight is 586 g/mol. The summed E-state index contributed by atoms with van der Waals surface area (Å²) in [5.41, 5.74) is 5.14. The molecule has 14 nitrogen and oxygen atoms in total. The number of nitrogens with two attached hydrogens (primary N) is 1. The zero-order valence-electron chi connectivity index (χ0n) is 23.8. The van der Waals surface area contributed by atoms with E-state index in [1.807, 2.05) is 0 Å². The van der Waals surface area contributed by atoms with Gasteiger partial charge in [-0.3, -0.25) is 33.6 Å². The maximum atomic E-state index is 13.4. The van der Waals surface area contributed by atoms with E-state index in [2.05, 4.69) is 0 Å². The molecule has 2 N–H and O–H groups in total. The molecular formula is C28H31N3O11. The van der Waals surface area contributed by atoms with Gasteiger partial charge < -0.3 is 34.5 Å². The van der Waals surface area contributed by atoms with Gasteiger partial charge in [0.2, 0.25) is 5.91 Å². The lowest BCUT2D eigenvalue weighted by Crippen LogP contribution is -2.40. The van der Waals surface area contributed by atoms with Crippen LogP contribution in [0.15, 0.2) is 36.4 Å². The molecule has 42 heavy (non-hydrogen) atoms. The molecule has 0 aliphatic rings. The number of para-hydroxylation sites is 2. The van der Waals surface area contributed by atoms with Gasteiger partial charge in [-0.15, -0.1) is 0 Å². The number of carbonyl (C=O) groups is 7. The zero-order valence-corrected chi connectivity index (χ0v) is 23.8. The summed E-state index contributed by atoms with van der Waals surface area (Å²) in [7, 11) is 1.46. The van der Waals surface area contributed by atoms with Crippen molar-refractivity contribution < 1.29 is 52.5 Å². The zero-order chi connectivity index (χ0) is 31.6. The second-order valence-electron chi connectivity index (χ2n) is 8.91. The Morgan fingerprint density at radius 2 is 1.07 bits per heavy atom. The summed E-state index contributed by atoms with van der Waals surface area (Å²) >= 11 is 0. The van der Waals surface area contributed by atoms with Gasteiger partial charge in [0.25, 0.3) is 11.8 Å². The molecule has 2 aromatic rings. The standard InChI is InChI=1S/C28H31N3O11/c1-16(32)39-22-11-6-9-20(25(22)41-18(3)34)27(37)30(5)13-8-14-31(15-24(29)36)28(38)21-10-7-12-23(40-17(2)33)26(21)42-19(4)35/h6-7,9-12H,8,13-15H2,1-5H3,(H2,29,36). The predicted molar refractivity (Wildman–Crippen MR) is 145 cm³/mol. The Bertz CT molecular complexity index is 1400. The summed E-state index contributed by atoms with van der Waals surface area (Å²) in [6, 6.07) is 8.26. The molecule has 14 heteroatoms. The number of carbonyl (C=O) groups excluding carboxylic acids is 7. The fourth-order valence-corrected chi connectivity index (χ4v) is 3.75. The Morgan fingerprint density at radius 1 is 0.643 bits per heavy atom. The van der Waals surface area contributed by atoms with Crippen LogP contribution >= 0.6 is 0 Å². The largest absolute Gasteiger partial charge is 0.423 e. The number of rotatable bonds is 12. The number of nitrogens with zero attached hydrogens (tertiary/aromatic N) is 2. The first-order valence-electron chi connectivity index (χ1n) is 12.5. The second-order valence-corrected chi connectivity index (χ2v) is 8.91. The smallest absolute Gasteiger partial charge is 0.308 e. The van der Waals surface area contributed by atoms with E-state index in [0.717, 1.165) is 32.6 Å². The number of hydrogen-bond acceptors (Lipinski definition) is 11. The summed E-state index contributed by atoms with van der Waals surface area (Å²) in [5.74, 6) is -5.91. The van der Waals surface area contributed by atoms with Crippen molar-refractivity contribution in [1.29, 1.82) is 0 Å². The Hall–Kier alpha value is -5.27. The molecule has 0 bridgehead atoms. The summed E-state index contributed by atoms with van der Waals surface area (Å²) in [6.45, 7) is 3.99. The van der Waals surface area contributed by atoms with Crippen LogP contribution in [0.2, 0.25) is 0 Å². The topological polar surface area (TPSA) is 189 Å². The van der Waals surface area contributed by atoms with Gasteiger partial charge in [0.1, 0.15) is 0 Å². The molecule has 0 atom stereocenters. The molecule has 2 aromatic carbocycles. The van der Waals surface area contributed by atoms with E-state index in [1.54, 1.807) is 0 Å². The van der Waals surface area contributed by atoms with Gasteiger partial charge in [-0.25, -0.2) is 0 Å². The van der Waals surface area contributed by atoms with Crippen LogP contribution in [-0.4, -0.2) is 78.1 Å². The van der Waals surface area contributed by atoms with Crippen LogP contribution in [0.1, 0.15) is 54.8 Å². The van der Waals surface area contributed by atoms with E-state index in [1.165, 1.54) is 48.3 Å². The van der Waals surface area contributed by atoms with Crippen molar-refractivity contribution in [3.8, 4) is 23.0 Å². The van der Waals surface area contributed by atoms with Crippen molar-refractivity contribution in [2.45, 2.75) is 34.1 Å². The summed E-state index contributed by atoms with van der Waals surface area (Å²) in [5, 5.41) is 0. The lowest BCUT2D eigenvalue weighted by atomic mass is 10.1. The highest BCUT2D eigenvalue weighted by atomic mass is 16.6. The Labute approximate surface area is 241 Å². The fraction of sp³-hybridized carbons (Fsp3) is 0.321. The average Bonchev–Trinajstić information content (AvgIpc) is 2.87. The molecule has 0 saturated carbocycles. The lowest BCUT2D eigenvalue weighted by molar-refractivity contribution is -0.134. The monoisotopic (exact) mass is 585 g/mol. The highest BCUT2D eigenvalue weighted by molar-refractivity contribution is 6.00. The number of hydrogen-bond donors (Lipinski definition) is 1. The van der Waals surface area contributed by atoms with Crippen LogP contribution in [0.4, 0.5) is 0 Å². The molecule has 0 unspecified atom stereocenters. The van der Waals surface area contributed by atoms with Crippen LogP contribution in [-0.2, 0) is 24.0 Å². The molecule has 0 aliphatic carbocycles. The molecular weight excluding hydrogens is 554 g/mol. The number of benzene rings is 2. The molecule has 0 aliphatic heterocycles. The van der Waals surface area contributed by atoms with Crippen molar-refractivity contribution in [1.82, 2.24) is 9.80 Å². The van der Waals surface area contributed by atoms with Gasteiger partial charge in [0, 0.05) is 47.8 Å². The van der Waals surface area contributed by atoms with Crippen LogP contribution in [0, 0.1) is 0 Å². The van der Waals surface area contributed by atoms with Crippen molar-refractivity contribution in [3.05, 3.63) is 47.5 Å². The van der Waals surface area contributed by atoms with E-state index in [9.17, 15) is 33.6 Å². The number of amides is 3. The van der Waals surface area contributed by atoms with Gasteiger partial charge in [-0.05, 0) is 30.7 Å². The molecule has 0 heterocycles. The molecule has 224 valence electrons. The van der Waals surface area contributed by atoms with Gasteiger partial charge >= 0.3 is 23.9 Å². The number of ether oxygens (including phenoxy) is 4. The minimum absolute atomic E-state index is 0.0511. The predicted octanol–water partition coefficient (Wildman–Crippen LogP) is 1.48. The third-order valence-corrected chi connectivity index (χ3v) is 5.32. The fourth-order valence-electron chi connectivity index (χ4n) is 3.75. The van der Waals surface area contributed by atoms with Gasteiger partial charge in [0.15, 0.2) is 23.0 Å². The molecule has 0 saturated heterocycles. The molecule has 0 fully saturated rings. The van der Waals surface area contributed by atoms with Gasteiger partial charge in [-0.2, -0.15) is 0 Å². The van der Waals surface area contributed by atoms with E-state index < -0.39 is 48.1 Å². The molecule has 0 radical (unpaired) electrons. The maximum Gasteiger partial charge on any atom is 0.308 e. The molecule has 0 spiro atoms. The first-order chi connectivity index (χ1) is 19.7. The molecule has 3 amide bonds. The number of primary amides is 1. The van der Waals surface area contributed by atoms with Gasteiger partial charge in [-0.1, -0.05) is 12.1 Å². The van der Waals surface area contributed by atoms with E-state index in [0.29, 0.717) is 0 Å². The Balaban J connectivity index is 2.28. The summed E-state index contributed by atoms with van der Waals surface area (Å²) in [4.78, 5) is 87.1. The van der Waals surface area contributed by atoms with Crippen molar-refractivity contribution in [2.24, 2.45) is 5.73 Å². The highest BCUT2D eigenvalue weighted by Crippen LogP contribution is 2.34. The van der Waals surface area contributed by atoms with Crippen molar-refractivity contribution in [3.63, 3.8) is 0 Å². The Kier molecular flexibility index (Phi) is 11.7. The summed E-state index contributed by atoms with van der Waals surface area (Å²) in [6.07, 6.45) is 0.153. The minimum Gasteiger partial charge on any atom is -0.423 e. The Morgan fingerprint density at radius 3 is 1.48 bits per heavy atom. The van der Waals surface area contributed by atoms with Crippen LogP contribution in [0.3, 0.4) is 0 Å². The molecule has 2 rings (SSSR count). The quantitative estimate of drug-likeness (QED) is 0.280. The van der Waals surface area contributed by atoms with Crippen LogP contribution in [0.5, 0.6) is 23.0 Å². The van der Waals surface area contributed by atoms with Gasteiger partial charge in [0.05, 0.1) is 17.7 Å². The maximum absolute atomic E-state index is 13.4. The van der Waals surface area contributed by atoms with E-state index >= 15 is 0 Å². The highest BCUT2D eigenvalue weighted by Gasteiger charge is 2.26. The molecule has 0 aromatic heterocycles. The third-order valence-electron chi connectivity index (χ3n) is 5.32. The van der Waals surface area contributed by atoms with Crippen molar-refractivity contribution >= 4 is 41.6 Å². The number of esters is 4. The summed E-state index contributed by atoms with van der Waals surface area (Å²) < 4.78 is 20.4. The first-order valence-corrected chi connectivity index (χ1v) is 12.5. The van der Waals surface area contributed by atoms with Crippen LogP contribution < -0.4 is 24.7 Å². The normalized spacial score (nSPS) is 10.2. The SMILES string of the molecule is CC(=O)Oc1cccc(C(=O)N(C)CCCN(CC(N)=O)C(=O)c2cccc(OC(C)=O)c2OC(C)=O)c1OC(C)=O. The third kappa shape index (κ3) is 9.43. The minimum atomic E-state index is -0.828. The van der Waals surface area contributed by atoms with E-state index in [-0.39, 0.29) is 53.6 Å². The second kappa shape index (κ2) is 14.9. The van der Waals surface area contributed by atoms with Crippen molar-refractivity contribution in [2.75, 3.05) is 26.7 Å². The first kappa shape index (κ1) is 32.9. The van der Waals surface area contributed by atoms with E-state index in [4.69, 9.17) is 24.7 Å². The lowest BCUT2D eigenvalue weighted by Gasteiger charge is -2.25. The van der Waals surface area contributed by atoms with Crippen LogP contribution in [0.25, 0.3) is 0 Å².